The predicted molar refractivity (Wildman–Crippen MR) is 122 cm³/mol. The second kappa shape index (κ2) is 14.0. The number of ether oxygens (including phenoxy) is 3. The van der Waals surface area contributed by atoms with E-state index in [4.69, 9.17) is 14.2 Å². The molecule has 31 heavy (non-hydrogen) atoms. The van der Waals surface area contributed by atoms with Crippen molar-refractivity contribution in [2.24, 2.45) is 0 Å². The van der Waals surface area contributed by atoms with E-state index in [0.717, 1.165) is 49.8 Å². The van der Waals surface area contributed by atoms with E-state index in [1.807, 2.05) is 0 Å². The first-order chi connectivity index (χ1) is 15.1. The van der Waals surface area contributed by atoms with E-state index in [0.29, 0.717) is 24.5 Å². The standard InChI is InChI=1S/C26H31O5/c1-3-5-7-19-29-23-14-16-24(17-15-23)31-25(27)18-11-21-9-12-22(13-10-21)26(28)30-20-8-6-4-2/h9-18H,2-8,19-20H2,1H3/b18-11+. The van der Waals surface area contributed by atoms with Gasteiger partial charge in [-0.3, -0.25) is 0 Å². The van der Waals surface area contributed by atoms with Crippen molar-refractivity contribution in [2.75, 3.05) is 13.2 Å². The molecule has 0 amide bonds. The van der Waals surface area contributed by atoms with Crippen LogP contribution in [0.5, 0.6) is 11.5 Å². The molecule has 0 aliphatic heterocycles. The van der Waals surface area contributed by atoms with Crippen molar-refractivity contribution in [1.29, 1.82) is 0 Å². The maximum atomic E-state index is 12.0. The molecule has 0 aliphatic rings. The second-order valence-electron chi connectivity index (χ2n) is 7.10. The highest BCUT2D eigenvalue weighted by atomic mass is 16.5. The lowest BCUT2D eigenvalue weighted by molar-refractivity contribution is -0.128. The minimum absolute atomic E-state index is 0.350. The highest BCUT2D eigenvalue weighted by Gasteiger charge is 2.06. The molecule has 1 radical (unpaired) electrons. The molecule has 0 unspecified atom stereocenters. The van der Waals surface area contributed by atoms with Gasteiger partial charge < -0.3 is 14.2 Å². The van der Waals surface area contributed by atoms with Crippen molar-refractivity contribution in [3.63, 3.8) is 0 Å². The third-order valence-corrected chi connectivity index (χ3v) is 4.49. The molecule has 165 valence electrons. The van der Waals surface area contributed by atoms with Crippen molar-refractivity contribution < 1.29 is 23.8 Å². The number of hydrogen-bond acceptors (Lipinski definition) is 5. The summed E-state index contributed by atoms with van der Waals surface area (Å²) in [6.07, 6.45) is 8.89. The van der Waals surface area contributed by atoms with Crippen LogP contribution in [-0.4, -0.2) is 25.2 Å². The Kier molecular flexibility index (Phi) is 10.9. The summed E-state index contributed by atoms with van der Waals surface area (Å²) >= 11 is 0. The molecule has 5 nitrogen and oxygen atoms in total. The zero-order valence-electron chi connectivity index (χ0n) is 18.2. The van der Waals surface area contributed by atoms with E-state index in [1.165, 1.54) is 6.08 Å². The zero-order chi connectivity index (χ0) is 22.3. The van der Waals surface area contributed by atoms with Gasteiger partial charge in [-0.05, 0) is 60.9 Å². The molecular formula is C26H31O5. The average Bonchev–Trinajstić information content (AvgIpc) is 2.79. The van der Waals surface area contributed by atoms with Crippen molar-refractivity contribution >= 4 is 18.0 Å². The fourth-order valence-electron chi connectivity index (χ4n) is 2.72. The summed E-state index contributed by atoms with van der Waals surface area (Å²) in [5, 5.41) is 0. The lowest BCUT2D eigenvalue weighted by Gasteiger charge is -2.06. The van der Waals surface area contributed by atoms with E-state index in [9.17, 15) is 9.59 Å². The predicted octanol–water partition coefficient (Wildman–Crippen LogP) is 6.04. The van der Waals surface area contributed by atoms with Gasteiger partial charge in [-0.25, -0.2) is 9.59 Å². The third kappa shape index (κ3) is 9.51. The smallest absolute Gasteiger partial charge is 0.338 e. The monoisotopic (exact) mass is 423 g/mol. The fourth-order valence-corrected chi connectivity index (χ4v) is 2.72. The summed E-state index contributed by atoms with van der Waals surface area (Å²) in [6, 6.07) is 13.8. The van der Waals surface area contributed by atoms with Gasteiger partial charge in [-0.15, -0.1) is 0 Å². The number of esters is 2. The number of unbranched alkanes of at least 4 members (excludes halogenated alkanes) is 4. The van der Waals surface area contributed by atoms with Crippen molar-refractivity contribution in [3.8, 4) is 11.5 Å². The Labute approximate surface area is 185 Å². The first-order valence-corrected chi connectivity index (χ1v) is 10.8. The molecule has 2 aromatic carbocycles. The second-order valence-corrected chi connectivity index (χ2v) is 7.10. The molecule has 0 atom stereocenters. The average molecular weight is 424 g/mol. The van der Waals surface area contributed by atoms with Gasteiger partial charge in [0.15, 0.2) is 0 Å². The molecule has 0 spiro atoms. The first kappa shape index (κ1) is 24.2. The van der Waals surface area contributed by atoms with E-state index in [-0.39, 0.29) is 5.97 Å². The van der Waals surface area contributed by atoms with Gasteiger partial charge >= 0.3 is 11.9 Å². The van der Waals surface area contributed by atoms with Crippen LogP contribution in [0.2, 0.25) is 0 Å². The lowest BCUT2D eigenvalue weighted by Crippen LogP contribution is -2.06. The lowest BCUT2D eigenvalue weighted by atomic mass is 10.1. The van der Waals surface area contributed by atoms with Crippen LogP contribution >= 0.6 is 0 Å². The van der Waals surface area contributed by atoms with Crippen molar-refractivity contribution in [2.45, 2.75) is 45.4 Å². The Morgan fingerprint density at radius 2 is 1.55 bits per heavy atom. The number of benzene rings is 2. The molecule has 2 aromatic rings. The minimum atomic E-state index is -0.481. The molecule has 0 N–H and O–H groups in total. The van der Waals surface area contributed by atoms with Crippen LogP contribution < -0.4 is 9.47 Å². The normalized spacial score (nSPS) is 10.8. The van der Waals surface area contributed by atoms with Gasteiger partial charge in [0.05, 0.1) is 18.8 Å². The summed E-state index contributed by atoms with van der Waals surface area (Å²) in [5.41, 5.74) is 1.26. The minimum Gasteiger partial charge on any atom is -0.494 e. The first-order valence-electron chi connectivity index (χ1n) is 10.8. The van der Waals surface area contributed by atoms with Crippen LogP contribution in [0, 0.1) is 6.92 Å². The molecule has 0 aliphatic carbocycles. The molecule has 0 saturated heterocycles. The Hall–Kier alpha value is -3.08. The summed E-state index contributed by atoms with van der Waals surface area (Å²) in [4.78, 5) is 24.0. The summed E-state index contributed by atoms with van der Waals surface area (Å²) < 4.78 is 16.2. The van der Waals surface area contributed by atoms with Gasteiger partial charge in [0, 0.05) is 6.08 Å². The van der Waals surface area contributed by atoms with Gasteiger partial charge in [-0.1, -0.05) is 51.7 Å². The summed E-state index contributed by atoms with van der Waals surface area (Å²) in [6.45, 7) is 6.99. The fraction of sp³-hybridized carbons (Fsp3) is 0.346. The summed E-state index contributed by atoms with van der Waals surface area (Å²) in [5.74, 6) is 0.377. The largest absolute Gasteiger partial charge is 0.494 e. The van der Waals surface area contributed by atoms with Gasteiger partial charge in [0.1, 0.15) is 11.5 Å². The maximum absolute atomic E-state index is 12.0. The van der Waals surface area contributed by atoms with Gasteiger partial charge in [0.25, 0.3) is 0 Å². The Morgan fingerprint density at radius 3 is 2.23 bits per heavy atom. The quantitative estimate of drug-likeness (QED) is 0.170. The Bertz CT molecular complexity index is 822. The SMILES string of the molecule is [CH2]CCCCOC(=O)c1ccc(/C=C/C(=O)Oc2ccc(OCCCCC)cc2)cc1. The van der Waals surface area contributed by atoms with E-state index in [1.54, 1.807) is 54.6 Å². The molecule has 2 rings (SSSR count). The van der Waals surface area contributed by atoms with Gasteiger partial charge in [-0.2, -0.15) is 0 Å². The zero-order valence-corrected chi connectivity index (χ0v) is 18.2. The number of carbonyl (C=O) groups is 2. The van der Waals surface area contributed by atoms with Gasteiger partial charge in [0.2, 0.25) is 0 Å². The van der Waals surface area contributed by atoms with Crippen LogP contribution in [-0.2, 0) is 9.53 Å². The highest BCUT2D eigenvalue weighted by Crippen LogP contribution is 2.18. The molecular weight excluding hydrogens is 392 g/mol. The van der Waals surface area contributed by atoms with Crippen LogP contribution in [0.1, 0.15) is 61.4 Å². The topological polar surface area (TPSA) is 61.8 Å². The van der Waals surface area contributed by atoms with E-state index >= 15 is 0 Å². The van der Waals surface area contributed by atoms with E-state index < -0.39 is 5.97 Å². The molecule has 0 fully saturated rings. The third-order valence-electron chi connectivity index (χ3n) is 4.49. The van der Waals surface area contributed by atoms with Crippen molar-refractivity contribution in [1.82, 2.24) is 0 Å². The molecule has 0 bridgehead atoms. The molecule has 0 aromatic heterocycles. The van der Waals surface area contributed by atoms with Crippen LogP contribution in [0.25, 0.3) is 6.08 Å². The number of rotatable bonds is 13. The molecule has 0 heterocycles. The van der Waals surface area contributed by atoms with Crippen LogP contribution in [0.15, 0.2) is 54.6 Å². The number of hydrogen-bond donors (Lipinski definition) is 0. The van der Waals surface area contributed by atoms with Crippen LogP contribution in [0.3, 0.4) is 0 Å². The van der Waals surface area contributed by atoms with Crippen molar-refractivity contribution in [3.05, 3.63) is 72.7 Å². The Balaban J connectivity index is 1.78. The van der Waals surface area contributed by atoms with Crippen LogP contribution in [0.4, 0.5) is 0 Å². The number of carbonyl (C=O) groups excluding carboxylic acids is 2. The molecule has 0 saturated carbocycles. The van der Waals surface area contributed by atoms with E-state index in [2.05, 4.69) is 13.8 Å². The summed E-state index contributed by atoms with van der Waals surface area (Å²) in [7, 11) is 0. The molecule has 5 heteroatoms. The Morgan fingerprint density at radius 1 is 0.871 bits per heavy atom. The maximum Gasteiger partial charge on any atom is 0.338 e. The highest BCUT2D eigenvalue weighted by molar-refractivity contribution is 5.91.